The molecule has 1 saturated heterocycles. The monoisotopic (exact) mass is 366 g/mol. The van der Waals surface area contributed by atoms with Crippen molar-refractivity contribution in [2.24, 2.45) is 10.3 Å². The summed E-state index contributed by atoms with van der Waals surface area (Å²) in [6.07, 6.45) is 2.40. The van der Waals surface area contributed by atoms with E-state index in [1.807, 2.05) is 31.1 Å². The lowest BCUT2D eigenvalue weighted by atomic mass is 10.1. The van der Waals surface area contributed by atoms with Gasteiger partial charge in [-0.15, -0.1) is 0 Å². The van der Waals surface area contributed by atoms with E-state index in [9.17, 15) is 0 Å². The Kier molecular flexibility index (Phi) is 4.89. The predicted octanol–water partition coefficient (Wildman–Crippen LogP) is 3.19. The molecule has 0 bridgehead atoms. The van der Waals surface area contributed by atoms with Gasteiger partial charge in [-0.05, 0) is 50.9 Å². The van der Waals surface area contributed by atoms with Gasteiger partial charge in [0.1, 0.15) is 11.9 Å². The molecule has 0 spiro atoms. The highest BCUT2D eigenvalue weighted by molar-refractivity contribution is 5.65. The van der Waals surface area contributed by atoms with Gasteiger partial charge >= 0.3 is 0 Å². The molecule has 3 N–H and O–H groups in total. The van der Waals surface area contributed by atoms with Crippen molar-refractivity contribution >= 4 is 23.1 Å². The zero-order valence-electron chi connectivity index (χ0n) is 16.0. The summed E-state index contributed by atoms with van der Waals surface area (Å²) in [5.41, 5.74) is 4.07. The number of aryl methyl sites for hydroxylation is 2. The van der Waals surface area contributed by atoms with Gasteiger partial charge in [-0.25, -0.2) is 9.99 Å². The number of rotatable bonds is 5. The Morgan fingerprint density at radius 3 is 2.85 bits per heavy atom. The molecule has 3 heterocycles. The molecule has 2 aliphatic rings. The summed E-state index contributed by atoms with van der Waals surface area (Å²) in [6.45, 7) is 5.95. The van der Waals surface area contributed by atoms with E-state index in [1.54, 1.807) is 0 Å². The molecule has 0 amide bonds. The third-order valence-corrected chi connectivity index (χ3v) is 5.08. The van der Waals surface area contributed by atoms with Crippen LogP contribution < -0.4 is 21.0 Å². The average Bonchev–Trinajstić information content (AvgIpc) is 3.34. The minimum absolute atomic E-state index is 0.224. The van der Waals surface area contributed by atoms with Crippen LogP contribution in [0.4, 0.5) is 23.1 Å². The normalized spacial score (nSPS) is 21.7. The van der Waals surface area contributed by atoms with Crippen molar-refractivity contribution in [1.82, 2.24) is 15.3 Å². The average molecular weight is 366 g/mol. The first kappa shape index (κ1) is 17.7. The molecule has 0 radical (unpaired) electrons. The second-order valence-electron chi connectivity index (χ2n) is 7.15. The molecule has 27 heavy (non-hydrogen) atoms. The molecule has 2 aromatic rings. The van der Waals surface area contributed by atoms with Crippen molar-refractivity contribution in [1.29, 1.82) is 0 Å². The Hall–Kier alpha value is -2.74. The van der Waals surface area contributed by atoms with Crippen LogP contribution in [0.1, 0.15) is 24.1 Å². The lowest BCUT2D eigenvalue weighted by Crippen LogP contribution is -2.37. The molecule has 8 nitrogen and oxygen atoms in total. The number of hydrogen-bond acceptors (Lipinski definition) is 8. The first-order chi connectivity index (χ1) is 13.1. The van der Waals surface area contributed by atoms with E-state index < -0.39 is 0 Å². The third-order valence-electron chi connectivity index (χ3n) is 5.08. The van der Waals surface area contributed by atoms with Gasteiger partial charge < -0.3 is 16.0 Å². The molecule has 1 aromatic heterocycles. The molecule has 2 atom stereocenters. The summed E-state index contributed by atoms with van der Waals surface area (Å²) in [5.74, 6) is 1.36. The fourth-order valence-corrected chi connectivity index (χ4v) is 3.62. The Balaban J connectivity index is 1.52. The highest BCUT2D eigenvalue weighted by atomic mass is 15.6. The highest BCUT2D eigenvalue weighted by Gasteiger charge is 2.30. The van der Waals surface area contributed by atoms with Crippen molar-refractivity contribution in [3.05, 3.63) is 35.5 Å². The van der Waals surface area contributed by atoms with Gasteiger partial charge in [0.15, 0.2) is 0 Å². The van der Waals surface area contributed by atoms with Crippen LogP contribution in [0.3, 0.4) is 0 Å². The van der Waals surface area contributed by atoms with Crippen LogP contribution in [-0.4, -0.2) is 42.2 Å². The maximum atomic E-state index is 4.50. The minimum atomic E-state index is 0.224. The molecule has 0 saturated carbocycles. The van der Waals surface area contributed by atoms with E-state index in [4.69, 9.17) is 0 Å². The summed E-state index contributed by atoms with van der Waals surface area (Å²) < 4.78 is 0. The molecule has 0 aliphatic carbocycles. The summed E-state index contributed by atoms with van der Waals surface area (Å²) in [4.78, 5) is 8.93. The second-order valence-corrected chi connectivity index (χ2v) is 7.15. The molecule has 1 aromatic carbocycles. The first-order valence-corrected chi connectivity index (χ1v) is 9.45. The smallest absolute Gasteiger partial charge is 0.229 e. The Morgan fingerprint density at radius 2 is 2.07 bits per heavy atom. The van der Waals surface area contributed by atoms with Crippen LogP contribution in [0.25, 0.3) is 0 Å². The lowest BCUT2D eigenvalue weighted by molar-refractivity contribution is 0.506. The topological polar surface area (TPSA) is 89.8 Å². The van der Waals surface area contributed by atoms with E-state index in [0.29, 0.717) is 12.0 Å². The maximum absolute atomic E-state index is 4.50. The molecule has 1 unspecified atom stereocenters. The van der Waals surface area contributed by atoms with E-state index >= 15 is 0 Å². The predicted molar refractivity (Wildman–Crippen MR) is 108 cm³/mol. The minimum Gasteiger partial charge on any atom is -0.373 e. The number of benzene rings is 1. The SMILES string of the molecule is CNc1cc(C)nc(Nc2ccc(C)c(N3CC([C@@H]4CCCN4)N=N3)c2)n1. The van der Waals surface area contributed by atoms with Gasteiger partial charge in [0, 0.05) is 30.5 Å². The van der Waals surface area contributed by atoms with Gasteiger partial charge in [-0.2, -0.15) is 10.1 Å². The van der Waals surface area contributed by atoms with Crippen molar-refractivity contribution in [2.45, 2.75) is 38.8 Å². The van der Waals surface area contributed by atoms with Crippen LogP contribution in [0, 0.1) is 13.8 Å². The second kappa shape index (κ2) is 7.48. The van der Waals surface area contributed by atoms with Gasteiger partial charge in [0.25, 0.3) is 0 Å². The van der Waals surface area contributed by atoms with E-state index in [1.165, 1.54) is 18.4 Å². The summed E-state index contributed by atoms with van der Waals surface area (Å²) in [7, 11) is 1.85. The molecular weight excluding hydrogens is 340 g/mol. The van der Waals surface area contributed by atoms with Crippen molar-refractivity contribution in [3.63, 3.8) is 0 Å². The highest BCUT2D eigenvalue weighted by Crippen LogP contribution is 2.30. The van der Waals surface area contributed by atoms with Gasteiger partial charge in [0.05, 0.1) is 12.2 Å². The summed E-state index contributed by atoms with van der Waals surface area (Å²) in [6, 6.07) is 8.79. The van der Waals surface area contributed by atoms with Crippen LogP contribution >= 0.6 is 0 Å². The van der Waals surface area contributed by atoms with Crippen molar-refractivity contribution in [2.75, 3.05) is 35.8 Å². The fraction of sp³-hybridized carbons (Fsp3) is 0.474. The fourth-order valence-electron chi connectivity index (χ4n) is 3.62. The standard InChI is InChI=1S/C19H26N8/c1-12-6-7-14(23-19-22-13(2)9-18(20-3)24-19)10-17(12)27-11-16(25-26-27)15-5-4-8-21-15/h6-7,9-10,15-16,21H,4-5,8,11H2,1-3H3,(H2,20,22,23,24)/t15-,16?/m0/s1. The zero-order valence-corrected chi connectivity index (χ0v) is 16.0. The zero-order chi connectivity index (χ0) is 18.8. The Bertz CT molecular complexity index is 844. The van der Waals surface area contributed by atoms with E-state index in [0.717, 1.165) is 36.0 Å². The summed E-state index contributed by atoms with van der Waals surface area (Å²) in [5, 5.41) is 20.8. The van der Waals surface area contributed by atoms with Gasteiger partial charge in [0.2, 0.25) is 5.95 Å². The van der Waals surface area contributed by atoms with Gasteiger partial charge in [-0.3, -0.25) is 0 Å². The number of aromatic nitrogens is 2. The largest absolute Gasteiger partial charge is 0.373 e. The molecular formula is C19H26N8. The molecule has 142 valence electrons. The molecule has 8 heteroatoms. The number of nitrogens with zero attached hydrogens (tertiary/aromatic N) is 5. The molecule has 2 aliphatic heterocycles. The Labute approximate surface area is 159 Å². The maximum Gasteiger partial charge on any atom is 0.229 e. The lowest BCUT2D eigenvalue weighted by Gasteiger charge is -2.20. The van der Waals surface area contributed by atoms with E-state index in [2.05, 4.69) is 55.3 Å². The van der Waals surface area contributed by atoms with Crippen molar-refractivity contribution < 1.29 is 0 Å². The molecule has 4 rings (SSSR count). The first-order valence-electron chi connectivity index (χ1n) is 9.45. The van der Waals surface area contributed by atoms with E-state index in [-0.39, 0.29) is 6.04 Å². The quantitative estimate of drug-likeness (QED) is 0.753. The number of anilines is 4. The molecule has 1 fully saturated rings. The Morgan fingerprint density at radius 1 is 1.19 bits per heavy atom. The number of nitrogens with one attached hydrogen (secondary N) is 3. The van der Waals surface area contributed by atoms with Crippen LogP contribution in [-0.2, 0) is 0 Å². The van der Waals surface area contributed by atoms with Gasteiger partial charge in [-0.1, -0.05) is 11.3 Å². The van der Waals surface area contributed by atoms with Crippen molar-refractivity contribution in [3.8, 4) is 0 Å². The summed E-state index contributed by atoms with van der Waals surface area (Å²) >= 11 is 0. The van der Waals surface area contributed by atoms with Crippen LogP contribution in [0.15, 0.2) is 34.6 Å². The number of hydrogen-bond donors (Lipinski definition) is 3. The van der Waals surface area contributed by atoms with Crippen LogP contribution in [0.2, 0.25) is 0 Å². The van der Waals surface area contributed by atoms with Crippen LogP contribution in [0.5, 0.6) is 0 Å². The third kappa shape index (κ3) is 3.85.